The summed E-state index contributed by atoms with van der Waals surface area (Å²) in [4.78, 5) is 78.9. The molecule has 14 heteroatoms. The van der Waals surface area contributed by atoms with Crippen LogP contribution >= 0.6 is 0 Å². The van der Waals surface area contributed by atoms with Crippen LogP contribution in [0.2, 0.25) is 0 Å². The number of esters is 2. The van der Waals surface area contributed by atoms with Crippen LogP contribution in [0.15, 0.2) is 146 Å². The summed E-state index contributed by atoms with van der Waals surface area (Å²) in [6.45, 7) is 7.26. The number of methoxy groups -OCH3 is 2. The molecule has 0 radical (unpaired) electrons. The van der Waals surface area contributed by atoms with E-state index in [1.54, 1.807) is 52.0 Å². The first kappa shape index (κ1) is 52.5. The van der Waals surface area contributed by atoms with Crippen molar-refractivity contribution in [3.63, 3.8) is 0 Å². The fourth-order valence-electron chi connectivity index (χ4n) is 9.29. The molecule has 0 spiro atoms. The van der Waals surface area contributed by atoms with Crippen molar-refractivity contribution in [2.24, 2.45) is 11.8 Å². The first-order valence-corrected chi connectivity index (χ1v) is 24.7. The first-order chi connectivity index (χ1) is 36.2. The van der Waals surface area contributed by atoms with E-state index in [9.17, 15) is 28.8 Å². The molecule has 6 aromatic carbocycles. The summed E-state index contributed by atoms with van der Waals surface area (Å²) in [5.41, 5.74) is 9.71. The number of carbonyl (C=O) groups is 6. The van der Waals surface area contributed by atoms with E-state index in [0.29, 0.717) is 11.1 Å². The third kappa shape index (κ3) is 12.4. The van der Waals surface area contributed by atoms with Crippen molar-refractivity contribution in [3.05, 3.63) is 179 Å². The Labute approximate surface area is 435 Å². The van der Waals surface area contributed by atoms with Crippen LogP contribution in [0.3, 0.4) is 0 Å². The number of ether oxygens (including phenoxy) is 6. The Morgan fingerprint density at radius 2 is 0.800 bits per heavy atom. The van der Waals surface area contributed by atoms with Crippen molar-refractivity contribution in [2.45, 2.75) is 58.0 Å². The van der Waals surface area contributed by atoms with Gasteiger partial charge in [-0.15, -0.1) is 0 Å². The predicted molar refractivity (Wildman–Crippen MR) is 284 cm³/mol. The summed E-state index contributed by atoms with van der Waals surface area (Å²) in [5, 5.41) is 5.33. The second-order valence-corrected chi connectivity index (χ2v) is 18.8. The topological polar surface area (TPSA) is 182 Å². The molecule has 1 unspecified atom stereocenters. The Hall–Kier alpha value is -8.78. The molecule has 0 aromatic heterocycles. The lowest BCUT2D eigenvalue weighted by Crippen LogP contribution is -2.46. The maximum Gasteiger partial charge on any atom is 0.407 e. The number of ketones is 2. The molecule has 0 saturated carbocycles. The largest absolute Gasteiger partial charge is 0.493 e. The van der Waals surface area contributed by atoms with Crippen LogP contribution < -0.4 is 29.6 Å². The number of hydrogen-bond acceptors (Lipinski definition) is 12. The van der Waals surface area contributed by atoms with Gasteiger partial charge in [-0.1, -0.05) is 149 Å². The number of alkyl carbamates (subject to hydrolysis) is 2. The molecule has 0 bridgehead atoms. The van der Waals surface area contributed by atoms with Gasteiger partial charge in [0.25, 0.3) is 0 Å². The molecule has 0 fully saturated rings. The number of hydrogen-bond donors (Lipinski definition) is 2. The molecule has 2 aliphatic rings. The zero-order valence-electron chi connectivity index (χ0n) is 42.5. The minimum atomic E-state index is -1.04. The number of nitrogens with one attached hydrogen (secondary N) is 2. The Bertz CT molecular complexity index is 2890. The minimum absolute atomic E-state index is 0.0819. The molecule has 2 N–H and O–H groups in total. The van der Waals surface area contributed by atoms with Crippen molar-refractivity contribution in [3.8, 4) is 45.3 Å². The molecule has 384 valence electrons. The molecule has 0 heterocycles. The van der Waals surface area contributed by atoms with E-state index in [1.165, 1.54) is 50.7 Å². The minimum Gasteiger partial charge on any atom is -0.493 e. The van der Waals surface area contributed by atoms with Crippen molar-refractivity contribution >= 4 is 47.8 Å². The zero-order chi connectivity index (χ0) is 53.2. The van der Waals surface area contributed by atoms with Crippen LogP contribution in [0.4, 0.5) is 9.59 Å². The number of rotatable bonds is 20. The van der Waals surface area contributed by atoms with Gasteiger partial charge in [-0.3, -0.25) is 9.59 Å². The van der Waals surface area contributed by atoms with Gasteiger partial charge in [-0.2, -0.15) is 0 Å². The third-order valence-electron chi connectivity index (χ3n) is 13.1. The van der Waals surface area contributed by atoms with Gasteiger partial charge in [0.15, 0.2) is 34.6 Å². The average Bonchev–Trinajstić information content (AvgIpc) is 3.91. The lowest BCUT2D eigenvalue weighted by Gasteiger charge is -2.22. The van der Waals surface area contributed by atoms with Gasteiger partial charge in [0.2, 0.25) is 0 Å². The normalized spacial score (nSPS) is 13.3. The fourth-order valence-corrected chi connectivity index (χ4v) is 9.29. The molecule has 2 aliphatic carbocycles. The van der Waals surface area contributed by atoms with Gasteiger partial charge in [-0.25, -0.2) is 19.2 Å². The Morgan fingerprint density at radius 1 is 0.467 bits per heavy atom. The summed E-state index contributed by atoms with van der Waals surface area (Å²) in [5.74, 6) is -2.81. The monoisotopic (exact) mass is 1010 g/mol. The average molecular weight is 1010 g/mol. The highest BCUT2D eigenvalue weighted by Gasteiger charge is 2.33. The van der Waals surface area contributed by atoms with E-state index >= 15 is 0 Å². The Morgan fingerprint density at radius 3 is 1.12 bits per heavy atom. The summed E-state index contributed by atoms with van der Waals surface area (Å²) in [6.07, 6.45) is 3.60. The lowest BCUT2D eigenvalue weighted by molar-refractivity contribution is -0.138. The Kier molecular flexibility index (Phi) is 16.7. The molecule has 2 atom stereocenters. The van der Waals surface area contributed by atoms with Crippen LogP contribution in [0.25, 0.3) is 34.4 Å². The molecule has 8 rings (SSSR count). The number of carbonyl (C=O) groups excluding carboxylic acids is 6. The van der Waals surface area contributed by atoms with E-state index in [-0.39, 0.29) is 59.9 Å². The highest BCUT2D eigenvalue weighted by molar-refractivity contribution is 6.11. The molecule has 14 nitrogen and oxygen atoms in total. The summed E-state index contributed by atoms with van der Waals surface area (Å²) in [7, 11) is 2.80. The lowest BCUT2D eigenvalue weighted by atomic mass is 9.98. The second kappa shape index (κ2) is 23.8. The van der Waals surface area contributed by atoms with Crippen LogP contribution in [-0.2, 0) is 28.7 Å². The van der Waals surface area contributed by atoms with Crippen LogP contribution in [0, 0.1) is 11.8 Å². The van der Waals surface area contributed by atoms with E-state index in [0.717, 1.165) is 44.5 Å². The maximum atomic E-state index is 13.5. The SMILES string of the molecule is COc1cc(/C=C/C(=O)CC(=O)/C=C/c2ccc(OC(=O)[C@@H](NC(=O)OCC3c4ccccc4-c4ccccc43)C(C)C)c(OC)c2)ccc1OC(=O)C(NC(=O)OCC1c2ccccc2-c2ccccc21)C(C)C. The Balaban J connectivity index is 0.803. The van der Waals surface area contributed by atoms with E-state index in [4.69, 9.17) is 28.4 Å². The number of benzene rings is 6. The molecule has 6 aromatic rings. The van der Waals surface area contributed by atoms with Gasteiger partial charge < -0.3 is 39.1 Å². The van der Waals surface area contributed by atoms with Gasteiger partial charge in [0, 0.05) is 11.8 Å². The zero-order valence-corrected chi connectivity index (χ0v) is 42.5. The van der Waals surface area contributed by atoms with Crippen LogP contribution in [-0.4, -0.2) is 75.2 Å². The summed E-state index contributed by atoms with van der Waals surface area (Å²) < 4.78 is 33.8. The first-order valence-electron chi connectivity index (χ1n) is 24.7. The van der Waals surface area contributed by atoms with Gasteiger partial charge in [0.1, 0.15) is 25.3 Å². The quantitative estimate of drug-likeness (QED) is 0.0320. The molecule has 0 saturated heterocycles. The molecule has 75 heavy (non-hydrogen) atoms. The van der Waals surface area contributed by atoms with Crippen molar-refractivity contribution in [1.29, 1.82) is 0 Å². The van der Waals surface area contributed by atoms with E-state index < -0.39 is 54.2 Å². The smallest absolute Gasteiger partial charge is 0.407 e. The summed E-state index contributed by atoms with van der Waals surface area (Å²) >= 11 is 0. The van der Waals surface area contributed by atoms with E-state index in [2.05, 4.69) is 10.6 Å². The maximum absolute atomic E-state index is 13.5. The van der Waals surface area contributed by atoms with Gasteiger partial charge in [0.05, 0.1) is 20.6 Å². The van der Waals surface area contributed by atoms with Crippen molar-refractivity contribution in [2.75, 3.05) is 27.4 Å². The predicted octanol–water partition coefficient (Wildman–Crippen LogP) is 10.9. The summed E-state index contributed by atoms with van der Waals surface area (Å²) in [6, 6.07) is 39.3. The third-order valence-corrected chi connectivity index (χ3v) is 13.1. The van der Waals surface area contributed by atoms with Gasteiger partial charge >= 0.3 is 24.1 Å². The molecule has 0 aliphatic heterocycles. The van der Waals surface area contributed by atoms with Crippen molar-refractivity contribution in [1.82, 2.24) is 10.6 Å². The van der Waals surface area contributed by atoms with Crippen LogP contribution in [0.1, 0.15) is 79.3 Å². The standard InChI is InChI=1S/C61H58N2O12/c1-36(2)56(62-60(68)72-34-50-46-19-11-7-15-42(46)43-16-8-12-20-47(43)50)58(66)74-52-29-25-38(31-54(52)70-5)23-27-40(64)33-41(65)28-24-39-26-30-53(55(32-39)71-6)75-59(67)57(37(3)4)63-61(69)73-35-51-48-21-13-9-17-44(48)45-18-10-14-22-49(45)51/h7-32,36-37,50-51,56-57H,33-35H2,1-6H3,(H,62,68)(H,63,69)/b27-23+,28-24+/t56-,57?/m0/s1. The number of allylic oxidation sites excluding steroid dienone is 2. The molecular formula is C61H58N2O12. The fraction of sp³-hybridized carbons (Fsp3) is 0.246. The number of amides is 2. The highest BCUT2D eigenvalue weighted by Crippen LogP contribution is 2.46. The molecular weight excluding hydrogens is 953 g/mol. The van der Waals surface area contributed by atoms with Crippen molar-refractivity contribution < 1.29 is 57.2 Å². The van der Waals surface area contributed by atoms with Gasteiger partial charge in [-0.05, 0) is 104 Å². The van der Waals surface area contributed by atoms with E-state index in [1.807, 2.05) is 97.1 Å². The molecule has 2 amide bonds. The number of fused-ring (bicyclic) bond motifs is 6. The highest BCUT2D eigenvalue weighted by atomic mass is 16.6. The van der Waals surface area contributed by atoms with Crippen LogP contribution in [0.5, 0.6) is 23.0 Å². The second-order valence-electron chi connectivity index (χ2n) is 18.8.